The molecule has 0 radical (unpaired) electrons. The SMILES string of the molecule is Cc1noc(CCNCC(O)COC2CCCCC2C)n1. The molecule has 2 rings (SSSR count). The van der Waals surface area contributed by atoms with Crippen molar-refractivity contribution in [2.45, 2.75) is 58.2 Å². The molecule has 0 amide bonds. The largest absolute Gasteiger partial charge is 0.389 e. The third kappa shape index (κ3) is 5.73. The van der Waals surface area contributed by atoms with Gasteiger partial charge in [0.2, 0.25) is 5.89 Å². The maximum absolute atomic E-state index is 9.93. The molecule has 1 aromatic rings. The van der Waals surface area contributed by atoms with Gasteiger partial charge in [0.1, 0.15) is 0 Å². The van der Waals surface area contributed by atoms with Crippen LogP contribution in [0.1, 0.15) is 44.3 Å². The first-order valence-electron chi connectivity index (χ1n) is 7.94. The Bertz CT molecular complexity index is 411. The molecule has 6 heteroatoms. The van der Waals surface area contributed by atoms with Crippen LogP contribution in [0.2, 0.25) is 0 Å². The van der Waals surface area contributed by atoms with E-state index in [4.69, 9.17) is 9.26 Å². The van der Waals surface area contributed by atoms with Crippen LogP contribution in [0.4, 0.5) is 0 Å². The lowest BCUT2D eigenvalue weighted by Gasteiger charge is -2.29. The predicted molar refractivity (Wildman–Crippen MR) is 79.0 cm³/mol. The van der Waals surface area contributed by atoms with Crippen molar-refractivity contribution in [3.05, 3.63) is 11.7 Å². The second-order valence-corrected chi connectivity index (χ2v) is 5.98. The van der Waals surface area contributed by atoms with Gasteiger partial charge in [-0.15, -0.1) is 0 Å². The molecule has 2 N–H and O–H groups in total. The van der Waals surface area contributed by atoms with Gasteiger partial charge in [0.05, 0.1) is 18.8 Å². The lowest BCUT2D eigenvalue weighted by atomic mass is 9.88. The van der Waals surface area contributed by atoms with Crippen molar-refractivity contribution in [2.24, 2.45) is 5.92 Å². The highest BCUT2D eigenvalue weighted by Gasteiger charge is 2.22. The summed E-state index contributed by atoms with van der Waals surface area (Å²) in [5, 5.41) is 16.8. The molecule has 1 saturated carbocycles. The highest BCUT2D eigenvalue weighted by molar-refractivity contribution is 4.83. The Balaban J connectivity index is 1.54. The van der Waals surface area contributed by atoms with E-state index in [1.807, 2.05) is 0 Å². The van der Waals surface area contributed by atoms with E-state index in [9.17, 15) is 5.11 Å². The second kappa shape index (κ2) is 8.46. The van der Waals surface area contributed by atoms with E-state index < -0.39 is 6.10 Å². The smallest absolute Gasteiger partial charge is 0.227 e. The molecule has 3 atom stereocenters. The summed E-state index contributed by atoms with van der Waals surface area (Å²) in [6.07, 6.45) is 5.43. The zero-order valence-electron chi connectivity index (χ0n) is 13.0. The van der Waals surface area contributed by atoms with Crippen molar-refractivity contribution < 1.29 is 14.4 Å². The Morgan fingerprint density at radius 2 is 2.24 bits per heavy atom. The van der Waals surface area contributed by atoms with Gasteiger partial charge in [-0.2, -0.15) is 4.98 Å². The summed E-state index contributed by atoms with van der Waals surface area (Å²) in [7, 11) is 0. The third-order valence-corrected chi connectivity index (χ3v) is 4.00. The first kappa shape index (κ1) is 16.4. The number of rotatable bonds is 8. The zero-order chi connectivity index (χ0) is 15.1. The van der Waals surface area contributed by atoms with Gasteiger partial charge in [-0.05, 0) is 25.7 Å². The van der Waals surface area contributed by atoms with Gasteiger partial charge in [0.15, 0.2) is 5.82 Å². The maximum atomic E-state index is 9.93. The van der Waals surface area contributed by atoms with Crippen LogP contribution in [0.3, 0.4) is 0 Å². The third-order valence-electron chi connectivity index (χ3n) is 4.00. The monoisotopic (exact) mass is 297 g/mol. The highest BCUT2D eigenvalue weighted by atomic mass is 16.5. The summed E-state index contributed by atoms with van der Waals surface area (Å²) in [4.78, 5) is 4.13. The Hall–Kier alpha value is -0.980. The molecule has 21 heavy (non-hydrogen) atoms. The first-order chi connectivity index (χ1) is 10.1. The van der Waals surface area contributed by atoms with E-state index >= 15 is 0 Å². The van der Waals surface area contributed by atoms with Crippen molar-refractivity contribution >= 4 is 0 Å². The molecule has 6 nitrogen and oxygen atoms in total. The van der Waals surface area contributed by atoms with Gasteiger partial charge in [-0.3, -0.25) is 0 Å². The van der Waals surface area contributed by atoms with Crippen LogP contribution < -0.4 is 5.32 Å². The lowest BCUT2D eigenvalue weighted by Crippen LogP contribution is -2.35. The van der Waals surface area contributed by atoms with Gasteiger partial charge in [-0.1, -0.05) is 24.9 Å². The fourth-order valence-electron chi connectivity index (χ4n) is 2.73. The van der Waals surface area contributed by atoms with Crippen molar-refractivity contribution in [3.63, 3.8) is 0 Å². The predicted octanol–water partition coefficient (Wildman–Crippen LogP) is 1.47. The number of aryl methyl sites for hydroxylation is 1. The molecule has 0 spiro atoms. The van der Waals surface area contributed by atoms with Crippen LogP contribution in [0.5, 0.6) is 0 Å². The summed E-state index contributed by atoms with van der Waals surface area (Å²) in [6.45, 7) is 5.67. The van der Waals surface area contributed by atoms with Crippen molar-refractivity contribution in [2.75, 3.05) is 19.7 Å². The van der Waals surface area contributed by atoms with Gasteiger partial charge in [0.25, 0.3) is 0 Å². The van der Waals surface area contributed by atoms with Crippen LogP contribution in [-0.4, -0.2) is 47.2 Å². The standard InChI is InChI=1S/C15H27N3O3/c1-11-5-3-4-6-14(11)20-10-13(19)9-16-8-7-15-17-12(2)18-21-15/h11,13-14,16,19H,3-10H2,1-2H3. The van der Waals surface area contributed by atoms with Crippen LogP contribution >= 0.6 is 0 Å². The Morgan fingerprint density at radius 1 is 1.43 bits per heavy atom. The molecule has 0 aromatic carbocycles. The zero-order valence-corrected chi connectivity index (χ0v) is 13.0. The molecule has 1 fully saturated rings. The topological polar surface area (TPSA) is 80.4 Å². The van der Waals surface area contributed by atoms with E-state index in [1.54, 1.807) is 6.92 Å². The minimum absolute atomic E-state index is 0.315. The first-order valence-corrected chi connectivity index (χ1v) is 7.94. The molecule has 1 aliphatic carbocycles. The van der Waals surface area contributed by atoms with E-state index in [1.165, 1.54) is 19.3 Å². The highest BCUT2D eigenvalue weighted by Crippen LogP contribution is 2.26. The van der Waals surface area contributed by atoms with Gasteiger partial charge >= 0.3 is 0 Å². The fourth-order valence-corrected chi connectivity index (χ4v) is 2.73. The summed E-state index contributed by atoms with van der Waals surface area (Å²) < 4.78 is 10.9. The molecule has 1 aromatic heterocycles. The number of aliphatic hydroxyl groups is 1. The number of aromatic nitrogens is 2. The van der Waals surface area contributed by atoms with Crippen LogP contribution in [0.15, 0.2) is 4.52 Å². The number of aliphatic hydroxyl groups excluding tert-OH is 1. The van der Waals surface area contributed by atoms with E-state index in [2.05, 4.69) is 22.4 Å². The van der Waals surface area contributed by atoms with Gasteiger partial charge in [0, 0.05) is 19.5 Å². The fraction of sp³-hybridized carbons (Fsp3) is 0.867. The molecule has 120 valence electrons. The molecular weight excluding hydrogens is 270 g/mol. The molecule has 1 aliphatic rings. The quantitative estimate of drug-likeness (QED) is 0.707. The Kier molecular flexibility index (Phi) is 6.60. The second-order valence-electron chi connectivity index (χ2n) is 5.98. The average molecular weight is 297 g/mol. The van der Waals surface area contributed by atoms with Crippen molar-refractivity contribution in [3.8, 4) is 0 Å². The van der Waals surface area contributed by atoms with Crippen molar-refractivity contribution in [1.29, 1.82) is 0 Å². The van der Waals surface area contributed by atoms with Gasteiger partial charge in [-0.25, -0.2) is 0 Å². The molecular formula is C15H27N3O3. The Labute approximate surface area is 126 Å². The minimum atomic E-state index is -0.469. The normalized spacial score (nSPS) is 24.1. The molecule has 0 aliphatic heterocycles. The van der Waals surface area contributed by atoms with Crippen LogP contribution in [0, 0.1) is 12.8 Å². The van der Waals surface area contributed by atoms with E-state index in [-0.39, 0.29) is 0 Å². The van der Waals surface area contributed by atoms with Crippen molar-refractivity contribution in [1.82, 2.24) is 15.5 Å². The number of ether oxygens (including phenoxy) is 1. The van der Waals surface area contributed by atoms with E-state index in [0.717, 1.165) is 6.42 Å². The summed E-state index contributed by atoms with van der Waals surface area (Å²) in [6, 6.07) is 0. The molecule has 1 heterocycles. The number of nitrogens with one attached hydrogen (secondary N) is 1. The number of hydrogen-bond acceptors (Lipinski definition) is 6. The minimum Gasteiger partial charge on any atom is -0.389 e. The van der Waals surface area contributed by atoms with Crippen LogP contribution in [-0.2, 0) is 11.2 Å². The number of hydrogen-bond donors (Lipinski definition) is 2. The van der Waals surface area contributed by atoms with Crippen LogP contribution in [0.25, 0.3) is 0 Å². The molecule has 3 unspecified atom stereocenters. The summed E-state index contributed by atoms with van der Waals surface area (Å²) >= 11 is 0. The number of nitrogens with zero attached hydrogens (tertiary/aromatic N) is 2. The van der Waals surface area contributed by atoms with E-state index in [0.29, 0.717) is 49.9 Å². The molecule has 0 saturated heterocycles. The Morgan fingerprint density at radius 3 is 2.95 bits per heavy atom. The lowest BCUT2D eigenvalue weighted by molar-refractivity contribution is -0.0451. The molecule has 0 bridgehead atoms. The summed E-state index contributed by atoms with van der Waals surface area (Å²) in [5.74, 6) is 1.89. The maximum Gasteiger partial charge on any atom is 0.227 e. The average Bonchev–Trinajstić information content (AvgIpc) is 2.88. The summed E-state index contributed by atoms with van der Waals surface area (Å²) in [5.41, 5.74) is 0. The van der Waals surface area contributed by atoms with Gasteiger partial charge < -0.3 is 19.7 Å².